The molecule has 0 aliphatic rings. The molecule has 0 saturated heterocycles. The number of phenols is 1. The molecule has 0 aromatic heterocycles. The SMILES string of the molecule is CC(C)(C)NC(=O)c1ccc(O)cc1.CC(C)(C)NC(=O)c1ccc(OCCO)cc1. The van der Waals surface area contributed by atoms with Crippen LogP contribution < -0.4 is 15.4 Å². The Bertz CT molecular complexity index is 832. The second kappa shape index (κ2) is 11.4. The molecule has 0 radical (unpaired) electrons. The second-order valence-electron chi connectivity index (χ2n) is 9.05. The zero-order valence-electron chi connectivity index (χ0n) is 19.2. The quantitative estimate of drug-likeness (QED) is 0.581. The van der Waals surface area contributed by atoms with Gasteiger partial charge in [0, 0.05) is 22.2 Å². The maximum absolute atomic E-state index is 11.8. The van der Waals surface area contributed by atoms with Crippen LogP contribution in [-0.4, -0.2) is 46.3 Å². The van der Waals surface area contributed by atoms with Gasteiger partial charge in [-0.3, -0.25) is 9.59 Å². The van der Waals surface area contributed by atoms with Crippen molar-refractivity contribution in [3.63, 3.8) is 0 Å². The minimum Gasteiger partial charge on any atom is -0.508 e. The van der Waals surface area contributed by atoms with Gasteiger partial charge in [0.15, 0.2) is 0 Å². The van der Waals surface area contributed by atoms with E-state index in [2.05, 4.69) is 10.6 Å². The Hall–Kier alpha value is -3.06. The summed E-state index contributed by atoms with van der Waals surface area (Å²) in [5.41, 5.74) is 0.659. The smallest absolute Gasteiger partial charge is 0.251 e. The molecule has 31 heavy (non-hydrogen) atoms. The van der Waals surface area contributed by atoms with Gasteiger partial charge >= 0.3 is 0 Å². The highest BCUT2D eigenvalue weighted by Crippen LogP contribution is 2.13. The van der Waals surface area contributed by atoms with Crippen LogP contribution >= 0.6 is 0 Å². The number of phenolic OH excluding ortho intramolecular Hbond substituents is 1. The average molecular weight is 431 g/mol. The average Bonchev–Trinajstić information content (AvgIpc) is 2.65. The highest BCUT2D eigenvalue weighted by atomic mass is 16.5. The Morgan fingerprint density at radius 1 is 0.774 bits per heavy atom. The van der Waals surface area contributed by atoms with Crippen LogP contribution in [0.5, 0.6) is 11.5 Å². The standard InChI is InChI=1S/C13H19NO3.C11H15NO2/c1-13(2,3)14-12(16)10-4-6-11(7-5-10)17-9-8-15;1-11(2,3)12-10(14)8-4-6-9(13)7-5-8/h4-7,15H,8-9H2,1-3H3,(H,14,16);4-7,13H,1-3H3,(H,12,14). The van der Waals surface area contributed by atoms with Crippen molar-refractivity contribution >= 4 is 11.8 Å². The molecule has 7 heteroatoms. The number of hydrogen-bond acceptors (Lipinski definition) is 5. The summed E-state index contributed by atoms with van der Waals surface area (Å²) in [5, 5.41) is 23.4. The number of amides is 2. The van der Waals surface area contributed by atoms with Crippen LogP contribution in [0.2, 0.25) is 0 Å². The minimum absolute atomic E-state index is 0.0216. The number of ether oxygens (including phenoxy) is 1. The van der Waals surface area contributed by atoms with Crippen LogP contribution in [0.25, 0.3) is 0 Å². The molecule has 7 nitrogen and oxygen atoms in total. The number of carbonyl (C=O) groups is 2. The van der Waals surface area contributed by atoms with Crippen molar-refractivity contribution in [2.24, 2.45) is 0 Å². The molecular formula is C24H34N2O5. The molecule has 0 heterocycles. The summed E-state index contributed by atoms with van der Waals surface area (Å²) in [6.45, 7) is 11.8. The van der Waals surface area contributed by atoms with Crippen LogP contribution in [0.3, 0.4) is 0 Å². The number of hydrogen-bond donors (Lipinski definition) is 4. The number of aromatic hydroxyl groups is 1. The van der Waals surface area contributed by atoms with Gasteiger partial charge < -0.3 is 25.6 Å². The number of benzene rings is 2. The molecule has 0 fully saturated rings. The molecule has 2 aromatic rings. The van der Waals surface area contributed by atoms with Crippen LogP contribution in [0, 0.1) is 0 Å². The largest absolute Gasteiger partial charge is 0.508 e. The first-order valence-corrected chi connectivity index (χ1v) is 10.1. The summed E-state index contributed by atoms with van der Waals surface area (Å²) >= 11 is 0. The first-order valence-electron chi connectivity index (χ1n) is 10.1. The molecule has 0 atom stereocenters. The molecule has 4 N–H and O–H groups in total. The fourth-order valence-corrected chi connectivity index (χ4v) is 2.30. The molecule has 2 aromatic carbocycles. The maximum atomic E-state index is 11.8. The first kappa shape index (κ1) is 26.0. The van der Waals surface area contributed by atoms with Gasteiger partial charge in [-0.05, 0) is 90.1 Å². The van der Waals surface area contributed by atoms with Crippen molar-refractivity contribution in [3.05, 3.63) is 59.7 Å². The normalized spacial score (nSPS) is 11.1. The summed E-state index contributed by atoms with van der Waals surface area (Å²) in [6, 6.07) is 13.0. The van der Waals surface area contributed by atoms with E-state index >= 15 is 0 Å². The van der Waals surface area contributed by atoms with Gasteiger partial charge in [-0.2, -0.15) is 0 Å². The van der Waals surface area contributed by atoms with Gasteiger partial charge in [-0.15, -0.1) is 0 Å². The third-order valence-electron chi connectivity index (χ3n) is 3.58. The van der Waals surface area contributed by atoms with E-state index < -0.39 is 0 Å². The van der Waals surface area contributed by atoms with Crippen LogP contribution in [0.1, 0.15) is 62.3 Å². The molecule has 0 aliphatic heterocycles. The van der Waals surface area contributed by atoms with E-state index in [-0.39, 0.29) is 41.9 Å². The zero-order valence-corrected chi connectivity index (χ0v) is 19.2. The lowest BCUT2D eigenvalue weighted by molar-refractivity contribution is 0.0910. The predicted octanol–water partition coefficient (Wildman–Crippen LogP) is 3.51. The molecule has 0 saturated carbocycles. The van der Waals surface area contributed by atoms with Gasteiger partial charge in [-0.1, -0.05) is 0 Å². The Balaban J connectivity index is 0.000000316. The molecule has 0 unspecified atom stereocenters. The molecular weight excluding hydrogens is 396 g/mol. The van der Waals surface area contributed by atoms with Gasteiger partial charge in [0.25, 0.3) is 11.8 Å². The highest BCUT2D eigenvalue weighted by molar-refractivity contribution is 5.95. The van der Waals surface area contributed by atoms with Crippen LogP contribution in [0.15, 0.2) is 48.5 Å². The minimum atomic E-state index is -0.247. The van der Waals surface area contributed by atoms with Gasteiger partial charge in [-0.25, -0.2) is 0 Å². The topological polar surface area (TPSA) is 108 Å². The fraction of sp³-hybridized carbons (Fsp3) is 0.417. The van der Waals surface area contributed by atoms with E-state index in [1.54, 1.807) is 36.4 Å². The number of aliphatic hydroxyl groups excluding tert-OH is 1. The van der Waals surface area contributed by atoms with Crippen molar-refractivity contribution in [1.82, 2.24) is 10.6 Å². The van der Waals surface area contributed by atoms with Crippen molar-refractivity contribution in [2.45, 2.75) is 52.6 Å². The summed E-state index contributed by atoms with van der Waals surface area (Å²) in [4.78, 5) is 23.4. The predicted molar refractivity (Wildman–Crippen MR) is 122 cm³/mol. The molecule has 2 amide bonds. The van der Waals surface area contributed by atoms with Crippen LogP contribution in [0.4, 0.5) is 0 Å². The third-order valence-corrected chi connectivity index (χ3v) is 3.58. The monoisotopic (exact) mass is 430 g/mol. The van der Waals surface area contributed by atoms with Gasteiger partial charge in [0.1, 0.15) is 18.1 Å². The Morgan fingerprint density at radius 3 is 1.52 bits per heavy atom. The van der Waals surface area contributed by atoms with Crippen molar-refractivity contribution in [2.75, 3.05) is 13.2 Å². The lowest BCUT2D eigenvalue weighted by Crippen LogP contribution is -2.40. The Kier molecular flexibility index (Phi) is 9.52. The van der Waals surface area contributed by atoms with E-state index in [0.29, 0.717) is 16.9 Å². The van der Waals surface area contributed by atoms with E-state index in [1.807, 2.05) is 41.5 Å². The van der Waals surface area contributed by atoms with Crippen LogP contribution in [-0.2, 0) is 0 Å². The Labute approximate surface area is 184 Å². The van der Waals surface area contributed by atoms with E-state index in [4.69, 9.17) is 14.9 Å². The summed E-state index contributed by atoms with van der Waals surface area (Å²) < 4.78 is 5.21. The zero-order chi connectivity index (χ0) is 23.7. The number of aliphatic hydroxyl groups is 1. The number of carbonyl (C=O) groups excluding carboxylic acids is 2. The van der Waals surface area contributed by atoms with E-state index in [0.717, 1.165) is 0 Å². The highest BCUT2D eigenvalue weighted by Gasteiger charge is 2.15. The number of rotatable bonds is 5. The number of nitrogens with one attached hydrogen (secondary N) is 2. The lowest BCUT2D eigenvalue weighted by atomic mass is 10.1. The Morgan fingerprint density at radius 2 is 1.16 bits per heavy atom. The summed E-state index contributed by atoms with van der Waals surface area (Å²) in [5.74, 6) is 0.576. The second-order valence-corrected chi connectivity index (χ2v) is 9.05. The molecule has 0 spiro atoms. The van der Waals surface area contributed by atoms with Crippen molar-refractivity contribution in [1.29, 1.82) is 0 Å². The fourth-order valence-electron chi connectivity index (χ4n) is 2.30. The van der Waals surface area contributed by atoms with E-state index in [1.165, 1.54) is 12.1 Å². The summed E-state index contributed by atoms with van der Waals surface area (Å²) in [7, 11) is 0. The van der Waals surface area contributed by atoms with Gasteiger partial charge in [0.2, 0.25) is 0 Å². The molecule has 2 rings (SSSR count). The van der Waals surface area contributed by atoms with Gasteiger partial charge in [0.05, 0.1) is 6.61 Å². The molecule has 0 aliphatic carbocycles. The lowest BCUT2D eigenvalue weighted by Gasteiger charge is -2.20. The molecule has 170 valence electrons. The van der Waals surface area contributed by atoms with E-state index in [9.17, 15) is 9.59 Å². The summed E-state index contributed by atoms with van der Waals surface area (Å²) in [6.07, 6.45) is 0. The third kappa shape index (κ3) is 11.1. The van der Waals surface area contributed by atoms with Crippen molar-refractivity contribution < 1.29 is 24.5 Å². The molecule has 0 bridgehead atoms. The van der Waals surface area contributed by atoms with Crippen molar-refractivity contribution in [3.8, 4) is 11.5 Å². The maximum Gasteiger partial charge on any atom is 0.251 e. The first-order chi connectivity index (χ1) is 14.3.